The Hall–Kier alpha value is -9.12. The van der Waals surface area contributed by atoms with E-state index in [-0.39, 0.29) is 44.6 Å². The fraction of sp³-hybridized carbons (Fsp3) is 0.298. The van der Waals surface area contributed by atoms with Crippen LogP contribution < -0.4 is 26.2 Å². The summed E-state index contributed by atoms with van der Waals surface area (Å²) in [4.78, 5) is 5.25. The molecule has 11 aromatic carbocycles. The van der Waals surface area contributed by atoms with Crippen LogP contribution in [-0.4, -0.2) is 11.3 Å². The van der Waals surface area contributed by atoms with E-state index in [1.165, 1.54) is 170 Å². The van der Waals surface area contributed by atoms with Crippen LogP contribution in [0.4, 0.5) is 34.1 Å². The van der Waals surface area contributed by atoms with Gasteiger partial charge >= 0.3 is 0 Å². The molecule has 2 aliphatic heterocycles. The van der Waals surface area contributed by atoms with Crippen molar-refractivity contribution in [3.8, 4) is 50.2 Å². The number of anilines is 6. The molecule has 12 aromatic rings. The maximum Gasteiger partial charge on any atom is 0.252 e. The number of nitrogens with zero attached hydrogens (tertiary/aromatic N) is 3. The molecule has 0 radical (unpaired) electrons. The number of hydrogen-bond donors (Lipinski definition) is 0. The second kappa shape index (κ2) is 22.2. The van der Waals surface area contributed by atoms with Gasteiger partial charge in [-0.2, -0.15) is 0 Å². The normalized spacial score (nSPS) is 16.5. The van der Waals surface area contributed by atoms with Crippen LogP contribution >= 0.6 is 0 Å². The fourth-order valence-corrected chi connectivity index (χ4v) is 17.2. The minimum Gasteiger partial charge on any atom is -0.311 e. The quantitative estimate of drug-likeness (QED) is 0.147. The van der Waals surface area contributed by atoms with Crippen molar-refractivity contribution in [2.45, 2.75) is 181 Å². The summed E-state index contributed by atoms with van der Waals surface area (Å²) in [5, 5.41) is 2.54. The van der Waals surface area contributed by atoms with Crippen LogP contribution in [0.1, 0.15) is 182 Å². The smallest absolute Gasteiger partial charge is 0.252 e. The van der Waals surface area contributed by atoms with E-state index >= 15 is 0 Å². The third-order valence-corrected chi connectivity index (χ3v) is 23.6. The van der Waals surface area contributed by atoms with Crippen LogP contribution in [0.25, 0.3) is 72.0 Å². The van der Waals surface area contributed by atoms with Crippen molar-refractivity contribution < 1.29 is 0 Å². The van der Waals surface area contributed by atoms with Crippen LogP contribution in [0.3, 0.4) is 0 Å². The van der Waals surface area contributed by atoms with Crippen molar-refractivity contribution in [3.63, 3.8) is 0 Å². The predicted octanol–water partition coefficient (Wildman–Crippen LogP) is 24.1. The third kappa shape index (κ3) is 10.5. The Morgan fingerprint density at radius 1 is 0.286 bits per heavy atom. The van der Waals surface area contributed by atoms with Gasteiger partial charge in [0.1, 0.15) is 0 Å². The molecule has 4 aliphatic rings. The predicted molar refractivity (Wildman–Crippen MR) is 423 cm³/mol. The van der Waals surface area contributed by atoms with Gasteiger partial charge in [0.2, 0.25) is 0 Å². The molecule has 0 unspecified atom stereocenters. The summed E-state index contributed by atoms with van der Waals surface area (Å²) in [7, 11) is 0. The topological polar surface area (TPSA) is 11.4 Å². The van der Waals surface area contributed by atoms with Crippen molar-refractivity contribution >= 4 is 79.0 Å². The van der Waals surface area contributed by atoms with Crippen LogP contribution in [0.2, 0.25) is 0 Å². The zero-order valence-corrected chi connectivity index (χ0v) is 61.1. The summed E-state index contributed by atoms with van der Waals surface area (Å²) >= 11 is 0. The SMILES string of the molecule is CC(C)(C)c1cc(-c2ccc3c(c2)N(c2ccc(-c4ccc5c(c4)C(C)(C)CCC5(C)C)cc2)c2cc(-c4ccccc4)cc4c2B3c2ccc(-n3c5ccccc5c5cc(C(C)(C)C)ccc53)cc2N4c2ccc(-c3ccc4c(c3)C(C)(C)CCC4(C)C)cc2)cc(C(C)(C)C)c1. The number of fused-ring (bicyclic) bond motifs is 9. The monoisotopic (exact) mass is 1280 g/mol. The van der Waals surface area contributed by atoms with Crippen molar-refractivity contribution in [3.05, 3.63) is 263 Å². The van der Waals surface area contributed by atoms with Crippen LogP contribution in [0.5, 0.6) is 0 Å². The van der Waals surface area contributed by atoms with Gasteiger partial charge in [0.25, 0.3) is 6.71 Å². The molecule has 0 atom stereocenters. The molecule has 3 nitrogen and oxygen atoms in total. The Balaban J connectivity index is 0.955. The average molecular weight is 1280 g/mol. The molecule has 0 saturated carbocycles. The highest BCUT2D eigenvalue weighted by molar-refractivity contribution is 7.00. The Labute approximate surface area is 584 Å². The average Bonchev–Trinajstić information content (AvgIpc) is 0.720. The van der Waals surface area contributed by atoms with Crippen LogP contribution in [-0.2, 0) is 37.9 Å². The van der Waals surface area contributed by atoms with Gasteiger partial charge < -0.3 is 14.4 Å². The van der Waals surface area contributed by atoms with Crippen LogP contribution in [0.15, 0.2) is 224 Å². The highest BCUT2D eigenvalue weighted by Crippen LogP contribution is 2.52. The lowest BCUT2D eigenvalue weighted by molar-refractivity contribution is 0.332. The van der Waals surface area contributed by atoms with Crippen LogP contribution in [0, 0.1) is 0 Å². The number of rotatable bonds is 7. The molecule has 0 N–H and O–H groups in total. The van der Waals surface area contributed by atoms with Crippen molar-refractivity contribution in [2.24, 2.45) is 0 Å². The summed E-state index contributed by atoms with van der Waals surface area (Å²) in [5.41, 5.74) is 34.6. The second-order valence-electron chi connectivity index (χ2n) is 35.2. The molecular formula is C94H96BN3. The first-order valence-corrected chi connectivity index (χ1v) is 36.3. The van der Waals surface area contributed by atoms with Gasteiger partial charge in [0.15, 0.2) is 0 Å². The Bertz CT molecular complexity index is 5170. The lowest BCUT2D eigenvalue weighted by atomic mass is 9.33. The summed E-state index contributed by atoms with van der Waals surface area (Å²) in [6.07, 6.45) is 4.74. The largest absolute Gasteiger partial charge is 0.311 e. The molecule has 490 valence electrons. The zero-order chi connectivity index (χ0) is 68.5. The van der Waals surface area contributed by atoms with Crippen molar-refractivity contribution in [1.82, 2.24) is 4.57 Å². The van der Waals surface area contributed by atoms with E-state index in [1.807, 2.05) is 0 Å². The Morgan fingerprint density at radius 2 is 0.684 bits per heavy atom. The maximum atomic E-state index is 2.63. The summed E-state index contributed by atoms with van der Waals surface area (Å²) in [5.74, 6) is 0. The molecule has 0 fully saturated rings. The summed E-state index contributed by atoms with van der Waals surface area (Å²) in [6.45, 7) is 40.4. The number of benzene rings is 11. The van der Waals surface area contributed by atoms with E-state index in [1.54, 1.807) is 0 Å². The van der Waals surface area contributed by atoms with Gasteiger partial charge in [-0.25, -0.2) is 0 Å². The van der Waals surface area contributed by atoms with E-state index in [2.05, 4.69) is 357 Å². The third-order valence-electron chi connectivity index (χ3n) is 23.6. The molecule has 3 heterocycles. The van der Waals surface area contributed by atoms with Gasteiger partial charge in [-0.05, 0) is 236 Å². The molecule has 2 aliphatic carbocycles. The zero-order valence-electron chi connectivity index (χ0n) is 61.1. The van der Waals surface area contributed by atoms with Crippen molar-refractivity contribution in [1.29, 1.82) is 0 Å². The number of aromatic nitrogens is 1. The molecule has 16 rings (SSSR count). The van der Waals surface area contributed by atoms with Gasteiger partial charge in [-0.15, -0.1) is 0 Å². The fourth-order valence-electron chi connectivity index (χ4n) is 17.2. The molecule has 4 heteroatoms. The van der Waals surface area contributed by atoms with E-state index in [4.69, 9.17) is 0 Å². The summed E-state index contributed by atoms with van der Waals surface area (Å²) in [6, 6.07) is 88.4. The molecule has 0 amide bonds. The first-order valence-electron chi connectivity index (χ1n) is 36.3. The first-order chi connectivity index (χ1) is 46.4. The van der Waals surface area contributed by atoms with E-state index in [9.17, 15) is 0 Å². The Kier molecular flexibility index (Phi) is 14.4. The molecule has 0 saturated heterocycles. The van der Waals surface area contributed by atoms with E-state index in [0.717, 1.165) is 17.1 Å². The highest BCUT2D eigenvalue weighted by Gasteiger charge is 2.45. The molecule has 1 aromatic heterocycles. The second-order valence-corrected chi connectivity index (χ2v) is 35.2. The molecule has 0 bridgehead atoms. The molecule has 98 heavy (non-hydrogen) atoms. The summed E-state index contributed by atoms with van der Waals surface area (Å²) < 4.78 is 2.52. The maximum absolute atomic E-state index is 2.63. The lowest BCUT2D eigenvalue weighted by Gasteiger charge is -2.45. The lowest BCUT2D eigenvalue weighted by Crippen LogP contribution is -2.61. The van der Waals surface area contributed by atoms with E-state index in [0.29, 0.717) is 0 Å². The van der Waals surface area contributed by atoms with E-state index < -0.39 is 0 Å². The molecular weight excluding hydrogens is 1180 g/mol. The standard InChI is InChI=1S/C94H96BN3/c1-88(2,3)67-34-44-82-74(57-67)73-25-21-22-26-81(73)98(82)72-39-43-80-84(58-72)97(71-37-29-61(30-38-71)63-32-41-76-78(52-63)94(16,17)48-46-92(76,12)13)86-55-66(59-23-19-18-20-24-59)54-85-87(86)95(80)79-42-33-64(65-49-68(89(4,5)6)56-69(50-65)90(7,8)9)53-83(79)96(85)70-35-27-60(28-36-70)62-31-40-75-77(51-62)93(14,15)47-45-91(75,10)11/h18-44,49-58H,45-48H2,1-17H3. The van der Waals surface area contributed by atoms with Gasteiger partial charge in [0, 0.05) is 50.6 Å². The number of para-hydroxylation sites is 1. The minimum absolute atomic E-state index is 0.00331. The number of hydrogen-bond acceptors (Lipinski definition) is 2. The Morgan fingerprint density at radius 3 is 1.20 bits per heavy atom. The van der Waals surface area contributed by atoms with Gasteiger partial charge in [-0.1, -0.05) is 269 Å². The highest BCUT2D eigenvalue weighted by atomic mass is 15.2. The van der Waals surface area contributed by atoms with Crippen molar-refractivity contribution in [2.75, 3.05) is 9.80 Å². The van der Waals surface area contributed by atoms with Gasteiger partial charge in [0.05, 0.1) is 11.0 Å². The minimum atomic E-state index is -0.117. The van der Waals surface area contributed by atoms with Gasteiger partial charge in [-0.3, -0.25) is 0 Å². The molecule has 0 spiro atoms. The first kappa shape index (κ1) is 63.6.